The van der Waals surface area contributed by atoms with Gasteiger partial charge in [-0.15, -0.1) is 0 Å². The summed E-state index contributed by atoms with van der Waals surface area (Å²) < 4.78 is 48.7. The Morgan fingerprint density at radius 3 is 2.56 bits per heavy atom. The number of fused-ring (bicyclic) bond motifs is 1. The highest BCUT2D eigenvalue weighted by Gasteiger charge is 2.29. The van der Waals surface area contributed by atoms with Crippen molar-refractivity contribution in [2.45, 2.75) is 45.1 Å². The van der Waals surface area contributed by atoms with Crippen LogP contribution in [-0.2, 0) is 11.8 Å². The highest BCUT2D eigenvalue weighted by atomic mass is 19.3. The lowest BCUT2D eigenvalue weighted by molar-refractivity contribution is 0.00364. The number of pyridine rings is 1. The minimum Gasteiger partial charge on any atom is -0.373 e. The van der Waals surface area contributed by atoms with Gasteiger partial charge in [0.25, 0.3) is 6.43 Å². The predicted molar refractivity (Wildman–Crippen MR) is 127 cm³/mol. The Morgan fingerprint density at radius 2 is 1.83 bits per heavy atom. The minimum atomic E-state index is -2.78. The van der Waals surface area contributed by atoms with Gasteiger partial charge in [0.1, 0.15) is 22.9 Å². The lowest BCUT2D eigenvalue weighted by atomic mass is 9.91. The third-order valence-corrected chi connectivity index (χ3v) is 6.59. The number of aryl methyl sites for hydroxylation is 3. The fourth-order valence-electron chi connectivity index (χ4n) is 4.43. The van der Waals surface area contributed by atoms with Gasteiger partial charge in [0.2, 0.25) is 5.56 Å². The zero-order valence-corrected chi connectivity index (χ0v) is 20.0. The molecular weight excluding hydrogens is 471 g/mol. The summed E-state index contributed by atoms with van der Waals surface area (Å²) in [7, 11) is 1.68. The minimum absolute atomic E-state index is 0.0623. The summed E-state index contributed by atoms with van der Waals surface area (Å²) in [6, 6.07) is 6.57. The van der Waals surface area contributed by atoms with Crippen LogP contribution in [0.2, 0.25) is 0 Å². The molecule has 0 saturated carbocycles. The molecule has 1 saturated heterocycles. The first-order valence-corrected chi connectivity index (χ1v) is 11.6. The summed E-state index contributed by atoms with van der Waals surface area (Å²) in [5, 5.41) is 0. The van der Waals surface area contributed by atoms with Gasteiger partial charge >= 0.3 is 0 Å². The van der Waals surface area contributed by atoms with Crippen molar-refractivity contribution in [3.8, 4) is 11.3 Å². The van der Waals surface area contributed by atoms with E-state index in [2.05, 4.69) is 15.0 Å². The van der Waals surface area contributed by atoms with Gasteiger partial charge in [-0.05, 0) is 50.5 Å². The van der Waals surface area contributed by atoms with Crippen molar-refractivity contribution in [2.24, 2.45) is 7.05 Å². The van der Waals surface area contributed by atoms with Crippen LogP contribution in [0, 0.1) is 19.7 Å². The van der Waals surface area contributed by atoms with Crippen molar-refractivity contribution in [3.05, 3.63) is 81.0 Å². The van der Waals surface area contributed by atoms with Crippen LogP contribution in [0.4, 0.5) is 13.2 Å². The van der Waals surface area contributed by atoms with Crippen LogP contribution in [0.3, 0.4) is 0 Å². The number of hydrogen-bond donors (Lipinski definition) is 0. The van der Waals surface area contributed by atoms with Crippen molar-refractivity contribution < 1.29 is 17.9 Å². The molecule has 36 heavy (non-hydrogen) atoms. The molecule has 3 aromatic heterocycles. The Hall–Kier alpha value is -3.66. The Morgan fingerprint density at radius 1 is 1.06 bits per heavy atom. The van der Waals surface area contributed by atoms with Gasteiger partial charge in [0, 0.05) is 43.0 Å². The second kappa shape index (κ2) is 9.42. The second-order valence-electron chi connectivity index (χ2n) is 9.03. The topological polar surface area (TPSA) is 82.8 Å². The van der Waals surface area contributed by atoms with E-state index in [1.54, 1.807) is 26.2 Å². The molecule has 7 nitrogen and oxygen atoms in total. The molecule has 0 radical (unpaired) electrons. The molecule has 0 spiro atoms. The molecule has 1 aromatic carbocycles. The van der Waals surface area contributed by atoms with Crippen LogP contribution in [0.1, 0.15) is 59.6 Å². The molecule has 1 aliphatic rings. The van der Waals surface area contributed by atoms with Crippen molar-refractivity contribution in [1.82, 2.24) is 24.5 Å². The number of ether oxygens (including phenoxy) is 1. The largest absolute Gasteiger partial charge is 0.373 e. The van der Waals surface area contributed by atoms with Crippen LogP contribution < -0.4 is 5.56 Å². The smallest absolute Gasteiger partial charge is 0.263 e. The van der Waals surface area contributed by atoms with E-state index in [-0.39, 0.29) is 28.8 Å². The van der Waals surface area contributed by atoms with Gasteiger partial charge in [-0.1, -0.05) is 6.07 Å². The summed E-state index contributed by atoms with van der Waals surface area (Å²) in [5.74, 6) is -0.477. The fourth-order valence-corrected chi connectivity index (χ4v) is 4.43. The van der Waals surface area contributed by atoms with E-state index in [0.29, 0.717) is 47.8 Å². The quantitative estimate of drug-likeness (QED) is 0.391. The van der Waals surface area contributed by atoms with Gasteiger partial charge < -0.3 is 9.30 Å². The number of hydrogen-bond acceptors (Lipinski definition) is 6. The number of benzene rings is 1. The summed E-state index contributed by atoms with van der Waals surface area (Å²) in [6.07, 6.45) is -0.120. The zero-order chi connectivity index (χ0) is 25.6. The molecule has 0 aliphatic carbocycles. The molecule has 2 atom stereocenters. The van der Waals surface area contributed by atoms with Gasteiger partial charge in [-0.3, -0.25) is 4.79 Å². The number of alkyl halides is 2. The zero-order valence-electron chi connectivity index (χ0n) is 20.0. The monoisotopic (exact) mass is 495 g/mol. The maximum absolute atomic E-state index is 15.0. The number of nitrogens with zero attached hydrogens (tertiary/aromatic N) is 5. The molecule has 2 unspecified atom stereocenters. The van der Waals surface area contributed by atoms with Crippen molar-refractivity contribution in [3.63, 3.8) is 0 Å². The molecule has 1 fully saturated rings. The van der Waals surface area contributed by atoms with E-state index < -0.39 is 17.8 Å². The SMILES string of the molecule is Cc1nc2nc(C3CCOC(c4ccc(=O)n(C)c4)C3)nc(-c3ccc(C(F)F)cc3F)c2nc1C. The molecule has 186 valence electrons. The highest BCUT2D eigenvalue weighted by Crippen LogP contribution is 2.38. The Kier molecular flexibility index (Phi) is 6.29. The average Bonchev–Trinajstić information content (AvgIpc) is 2.86. The summed E-state index contributed by atoms with van der Waals surface area (Å²) in [4.78, 5) is 30.3. The Bertz CT molecular complexity index is 1520. The van der Waals surface area contributed by atoms with Crippen molar-refractivity contribution in [2.75, 3.05) is 6.61 Å². The third-order valence-electron chi connectivity index (χ3n) is 6.59. The maximum Gasteiger partial charge on any atom is 0.263 e. The van der Waals surface area contributed by atoms with Crippen molar-refractivity contribution >= 4 is 11.2 Å². The molecule has 0 amide bonds. The molecule has 1 aliphatic heterocycles. The Balaban J connectivity index is 1.60. The van der Waals surface area contributed by atoms with Gasteiger partial charge in [0.15, 0.2) is 5.65 Å². The van der Waals surface area contributed by atoms with Crippen LogP contribution in [0.5, 0.6) is 0 Å². The molecular formula is C26H24F3N5O2. The van der Waals surface area contributed by atoms with E-state index in [9.17, 15) is 13.6 Å². The van der Waals surface area contributed by atoms with Gasteiger partial charge in [0.05, 0.1) is 17.5 Å². The van der Waals surface area contributed by atoms with E-state index >= 15 is 4.39 Å². The molecule has 4 aromatic rings. The van der Waals surface area contributed by atoms with Gasteiger partial charge in [-0.2, -0.15) is 0 Å². The lowest BCUT2D eigenvalue weighted by Crippen LogP contribution is -2.23. The second-order valence-corrected chi connectivity index (χ2v) is 9.03. The van der Waals surface area contributed by atoms with Crippen LogP contribution >= 0.6 is 0 Å². The standard InChI is InChI=1S/C26H24F3N5O2/c1-13-14(2)31-26-23(30-13)22(18-6-4-15(24(28)29)10-19(18)27)32-25(33-26)16-8-9-36-20(11-16)17-5-7-21(35)34(3)12-17/h4-7,10,12,16,20,24H,8-9,11H2,1-3H3. The molecule has 0 N–H and O–H groups in total. The summed E-state index contributed by atoms with van der Waals surface area (Å²) in [6.45, 7) is 4.04. The summed E-state index contributed by atoms with van der Waals surface area (Å²) in [5.41, 5.74) is 2.58. The molecule has 10 heteroatoms. The maximum atomic E-state index is 15.0. The fraction of sp³-hybridized carbons (Fsp3) is 0.346. The number of rotatable bonds is 4. The number of aromatic nitrogens is 5. The molecule has 4 heterocycles. The third kappa shape index (κ3) is 4.48. The normalized spacial score (nSPS) is 18.2. The van der Waals surface area contributed by atoms with Crippen LogP contribution in [0.15, 0.2) is 41.3 Å². The van der Waals surface area contributed by atoms with Gasteiger partial charge in [-0.25, -0.2) is 33.1 Å². The average molecular weight is 496 g/mol. The summed E-state index contributed by atoms with van der Waals surface area (Å²) >= 11 is 0. The van der Waals surface area contributed by atoms with Crippen LogP contribution in [0.25, 0.3) is 22.4 Å². The van der Waals surface area contributed by atoms with Crippen molar-refractivity contribution in [1.29, 1.82) is 0 Å². The van der Waals surface area contributed by atoms with E-state index in [1.165, 1.54) is 22.8 Å². The lowest BCUT2D eigenvalue weighted by Gasteiger charge is -2.29. The first-order chi connectivity index (χ1) is 17.2. The van der Waals surface area contributed by atoms with E-state index in [4.69, 9.17) is 9.72 Å². The highest BCUT2D eigenvalue weighted by molar-refractivity contribution is 5.87. The first kappa shape index (κ1) is 24.1. The Labute approximate surface area is 205 Å². The molecule has 0 bridgehead atoms. The van der Waals surface area contributed by atoms with E-state index in [1.807, 2.05) is 6.92 Å². The van der Waals surface area contributed by atoms with E-state index in [0.717, 1.165) is 11.6 Å². The molecule has 5 rings (SSSR count). The van der Waals surface area contributed by atoms with Crippen LogP contribution in [-0.4, -0.2) is 31.1 Å². The predicted octanol–water partition coefficient (Wildman–Crippen LogP) is 5.11. The first-order valence-electron chi connectivity index (χ1n) is 11.6. The number of halogens is 3.